The Bertz CT molecular complexity index is 1920. The fraction of sp³-hybridized carbons (Fsp3) is 0.314. The van der Waals surface area contributed by atoms with E-state index < -0.39 is 93.0 Å². The average Bonchev–Trinajstić information content (AvgIpc) is 3.39. The van der Waals surface area contributed by atoms with Crippen molar-refractivity contribution in [3.63, 3.8) is 0 Å². The molecule has 0 bridgehead atoms. The molecule has 1 aliphatic heterocycles. The minimum Gasteiger partial charge on any atom is -0.495 e. The van der Waals surface area contributed by atoms with Gasteiger partial charge in [-0.1, -0.05) is 32.9 Å². The van der Waals surface area contributed by atoms with E-state index >= 15 is 0 Å². The molecule has 0 aromatic heterocycles. The predicted octanol–water partition coefficient (Wildman–Crippen LogP) is 11.9. The fourth-order valence-corrected chi connectivity index (χ4v) is 8.51. The van der Waals surface area contributed by atoms with Crippen molar-refractivity contribution in [2.45, 2.75) is 50.6 Å². The monoisotopic (exact) mass is 770 g/mol. The molecular weight excluding hydrogens is 743 g/mol. The number of methoxy groups -OCH3 is 2. The Kier molecular flexibility index (Phi) is 9.47. The van der Waals surface area contributed by atoms with E-state index in [9.17, 15) is 57.3 Å². The topological polar surface area (TPSA) is 44.8 Å². The molecule has 52 heavy (non-hydrogen) atoms. The van der Waals surface area contributed by atoms with Gasteiger partial charge in [-0.15, -0.1) is 0 Å². The summed E-state index contributed by atoms with van der Waals surface area (Å²) >= 11 is 0. The normalized spacial score (nSPS) is 16.8. The van der Waals surface area contributed by atoms with E-state index in [0.717, 1.165) is 20.3 Å². The largest absolute Gasteiger partial charge is 0.495 e. The lowest BCUT2D eigenvalue weighted by atomic mass is 9.88. The van der Waals surface area contributed by atoms with Crippen LogP contribution in [0.2, 0.25) is 0 Å². The Morgan fingerprint density at radius 1 is 0.577 bits per heavy atom. The van der Waals surface area contributed by atoms with Crippen molar-refractivity contribution < 1.29 is 71.5 Å². The minimum atomic E-state index is -5.33. The van der Waals surface area contributed by atoms with Crippen LogP contribution in [0.4, 0.5) is 52.7 Å². The molecule has 1 aliphatic rings. The van der Waals surface area contributed by atoms with Crippen molar-refractivity contribution in [2.75, 3.05) is 20.6 Å². The first-order valence-electron chi connectivity index (χ1n) is 15.0. The van der Waals surface area contributed by atoms with Crippen LogP contribution < -0.4 is 19.5 Å². The van der Waals surface area contributed by atoms with Gasteiger partial charge in [-0.05, 0) is 59.7 Å². The van der Waals surface area contributed by atoms with Crippen LogP contribution in [0.25, 0.3) is 33.4 Å². The molecule has 17 heteroatoms. The summed E-state index contributed by atoms with van der Waals surface area (Å²) < 4.78 is 200. The molecule has 0 amide bonds. The van der Waals surface area contributed by atoms with Crippen LogP contribution >= 0.6 is 7.14 Å². The number of hydrogen-bond acceptors (Lipinski definition) is 4. The minimum absolute atomic E-state index is 0.0437. The summed E-state index contributed by atoms with van der Waals surface area (Å²) in [5, 5.41) is -0.970. The zero-order valence-electron chi connectivity index (χ0n) is 27.6. The standard InChI is InChI=1S/C35H27F12O4P/c1-31(2,3)52(48)16-51-26-8-6-7-23(30(26)52)27-28(49-4)24(17-9-19(32(36,37)38)13-20(10-17)33(39,40)41)15-25(29(27)50-5)18-11-21(34(42,43)44)14-22(12-18)35(45,46)47/h6-15H,16H2,1-5H3/t52-/m1/s1. The van der Waals surface area contributed by atoms with Gasteiger partial charge in [0, 0.05) is 21.8 Å². The summed E-state index contributed by atoms with van der Waals surface area (Å²) in [6, 6.07) is 6.01. The van der Waals surface area contributed by atoms with Gasteiger partial charge in [0.2, 0.25) is 0 Å². The lowest BCUT2D eigenvalue weighted by molar-refractivity contribution is -0.144. The second-order valence-electron chi connectivity index (χ2n) is 12.8. The number of alkyl halides is 12. The first-order valence-corrected chi connectivity index (χ1v) is 16.9. The third-order valence-electron chi connectivity index (χ3n) is 8.55. The Labute approximate surface area is 288 Å². The summed E-state index contributed by atoms with van der Waals surface area (Å²) in [7, 11) is -1.64. The third-order valence-corrected chi connectivity index (χ3v) is 12.4. The van der Waals surface area contributed by atoms with Crippen molar-refractivity contribution in [3.05, 3.63) is 82.9 Å². The average molecular weight is 771 g/mol. The molecule has 4 nitrogen and oxygen atoms in total. The molecule has 0 saturated carbocycles. The van der Waals surface area contributed by atoms with Gasteiger partial charge >= 0.3 is 24.7 Å². The lowest BCUT2D eigenvalue weighted by Crippen LogP contribution is -2.23. The van der Waals surface area contributed by atoms with Gasteiger partial charge in [-0.3, -0.25) is 0 Å². The summed E-state index contributed by atoms with van der Waals surface area (Å²) in [5.41, 5.74) is -10.3. The number of hydrogen-bond donors (Lipinski definition) is 0. The van der Waals surface area contributed by atoms with E-state index in [-0.39, 0.29) is 40.7 Å². The highest BCUT2D eigenvalue weighted by atomic mass is 31.2. The molecule has 0 N–H and O–H groups in total. The molecule has 1 atom stereocenters. The number of rotatable bonds is 5. The van der Waals surface area contributed by atoms with Crippen LogP contribution in [-0.2, 0) is 29.3 Å². The lowest BCUT2D eigenvalue weighted by Gasteiger charge is -2.29. The molecule has 1 heterocycles. The Morgan fingerprint density at radius 3 is 1.29 bits per heavy atom. The van der Waals surface area contributed by atoms with E-state index in [0.29, 0.717) is 24.3 Å². The molecule has 4 aromatic rings. The molecular formula is C35H27F12O4P. The molecule has 5 rings (SSSR count). The molecule has 0 radical (unpaired) electrons. The molecule has 0 spiro atoms. The summed E-state index contributed by atoms with van der Waals surface area (Å²) in [4.78, 5) is 0. The maximum Gasteiger partial charge on any atom is 0.416 e. The molecule has 0 fully saturated rings. The first-order chi connectivity index (χ1) is 23.7. The third kappa shape index (κ3) is 6.93. The van der Waals surface area contributed by atoms with Crippen LogP contribution in [-0.4, -0.2) is 25.7 Å². The number of fused-ring (bicyclic) bond motifs is 1. The van der Waals surface area contributed by atoms with E-state index in [4.69, 9.17) is 14.2 Å². The molecule has 4 aromatic carbocycles. The smallest absolute Gasteiger partial charge is 0.416 e. The van der Waals surface area contributed by atoms with Gasteiger partial charge in [-0.25, -0.2) is 0 Å². The van der Waals surface area contributed by atoms with Gasteiger partial charge in [-0.2, -0.15) is 52.7 Å². The second-order valence-corrected chi connectivity index (χ2v) is 16.4. The van der Waals surface area contributed by atoms with Crippen LogP contribution in [0.5, 0.6) is 17.2 Å². The van der Waals surface area contributed by atoms with Crippen LogP contribution in [0, 0.1) is 0 Å². The zero-order chi connectivity index (χ0) is 39.0. The van der Waals surface area contributed by atoms with E-state index in [2.05, 4.69) is 0 Å². The Morgan fingerprint density at radius 2 is 0.962 bits per heavy atom. The number of ether oxygens (including phenoxy) is 3. The van der Waals surface area contributed by atoms with Crippen molar-refractivity contribution in [3.8, 4) is 50.6 Å². The highest BCUT2D eigenvalue weighted by Gasteiger charge is 2.48. The van der Waals surface area contributed by atoms with E-state index in [1.54, 1.807) is 20.8 Å². The Balaban J connectivity index is 2.05. The van der Waals surface area contributed by atoms with Gasteiger partial charge in [0.05, 0.1) is 47.3 Å². The highest BCUT2D eigenvalue weighted by Crippen LogP contribution is 2.64. The van der Waals surface area contributed by atoms with Crippen LogP contribution in [0.1, 0.15) is 43.0 Å². The fourth-order valence-electron chi connectivity index (χ4n) is 5.93. The molecule has 0 unspecified atom stereocenters. The van der Waals surface area contributed by atoms with E-state index in [1.807, 2.05) is 0 Å². The summed E-state index contributed by atoms with van der Waals surface area (Å²) in [5.74, 6) is -0.905. The maximum absolute atomic E-state index is 14.7. The highest BCUT2D eigenvalue weighted by molar-refractivity contribution is 7.73. The second kappa shape index (κ2) is 12.7. The molecule has 0 saturated heterocycles. The maximum atomic E-state index is 14.7. The molecule has 0 aliphatic carbocycles. The van der Waals surface area contributed by atoms with Gasteiger partial charge in [0.25, 0.3) is 0 Å². The van der Waals surface area contributed by atoms with Gasteiger partial charge in [0.15, 0.2) is 7.14 Å². The van der Waals surface area contributed by atoms with Crippen LogP contribution in [0.3, 0.4) is 0 Å². The number of benzene rings is 4. The van der Waals surface area contributed by atoms with E-state index in [1.165, 1.54) is 18.2 Å². The quantitative estimate of drug-likeness (QED) is 0.150. The van der Waals surface area contributed by atoms with Crippen molar-refractivity contribution in [1.29, 1.82) is 0 Å². The van der Waals surface area contributed by atoms with Gasteiger partial charge in [0.1, 0.15) is 23.6 Å². The number of halogens is 12. The predicted molar refractivity (Wildman–Crippen MR) is 168 cm³/mol. The molecule has 280 valence electrons. The SMILES string of the molecule is COc1c(-c2cc(C(F)(F)F)cc(C(F)(F)F)c2)cc(-c2cc(C(F)(F)F)cc(C(F)(F)F)c2)c(OC)c1-c1cccc2c1[P@@](=O)(C(C)(C)C)CO2. The van der Waals surface area contributed by atoms with Crippen molar-refractivity contribution >= 4 is 12.4 Å². The van der Waals surface area contributed by atoms with Crippen molar-refractivity contribution in [1.82, 2.24) is 0 Å². The summed E-state index contributed by atoms with van der Waals surface area (Å²) in [6.45, 7) is 4.88. The van der Waals surface area contributed by atoms with Crippen molar-refractivity contribution in [2.24, 2.45) is 0 Å². The summed E-state index contributed by atoms with van der Waals surface area (Å²) in [6.07, 6.45) is -21.7. The van der Waals surface area contributed by atoms with Gasteiger partial charge < -0.3 is 18.8 Å². The zero-order valence-corrected chi connectivity index (χ0v) is 28.5. The Hall–Kier alpha value is -4.33. The first kappa shape index (κ1) is 38.9. The van der Waals surface area contributed by atoms with Crippen LogP contribution in [0.15, 0.2) is 60.7 Å².